The molecule has 0 radical (unpaired) electrons. The number of nitrogens with one attached hydrogen (secondary N) is 1. The van der Waals surface area contributed by atoms with Gasteiger partial charge < -0.3 is 4.98 Å². The second-order valence-corrected chi connectivity index (χ2v) is 6.15. The van der Waals surface area contributed by atoms with Gasteiger partial charge in [-0.05, 0) is 23.9 Å². The van der Waals surface area contributed by atoms with E-state index < -0.39 is 0 Å². The first-order chi connectivity index (χ1) is 9.22. The van der Waals surface area contributed by atoms with Crippen molar-refractivity contribution in [1.82, 2.24) is 9.97 Å². The Morgan fingerprint density at radius 2 is 2.26 bits per heavy atom. The smallest absolute Gasteiger partial charge is 0.260 e. The van der Waals surface area contributed by atoms with E-state index in [2.05, 4.69) is 35.1 Å². The standard InChI is InChI=1S/C14H12N2OS2/c1-9-3-2-4-10(7-9)8-19-14-15-12(17)11-5-6-18-13(11)16-14/h2-7H,8H2,1H3,(H,15,16,17). The van der Waals surface area contributed by atoms with Gasteiger partial charge in [0.25, 0.3) is 5.56 Å². The topological polar surface area (TPSA) is 45.8 Å². The van der Waals surface area contributed by atoms with Gasteiger partial charge in [-0.1, -0.05) is 41.6 Å². The van der Waals surface area contributed by atoms with E-state index in [0.717, 1.165) is 10.6 Å². The van der Waals surface area contributed by atoms with Gasteiger partial charge in [-0.3, -0.25) is 4.79 Å². The number of thiophene rings is 1. The molecule has 1 aromatic carbocycles. The van der Waals surface area contributed by atoms with E-state index in [1.807, 2.05) is 11.4 Å². The van der Waals surface area contributed by atoms with Gasteiger partial charge >= 0.3 is 0 Å². The zero-order valence-electron chi connectivity index (χ0n) is 10.3. The second kappa shape index (κ2) is 5.19. The molecule has 0 atom stereocenters. The molecule has 1 N–H and O–H groups in total. The zero-order chi connectivity index (χ0) is 13.2. The van der Waals surface area contributed by atoms with Crippen molar-refractivity contribution in [3.63, 3.8) is 0 Å². The fourth-order valence-electron chi connectivity index (χ4n) is 1.87. The number of aryl methyl sites for hydroxylation is 1. The van der Waals surface area contributed by atoms with Gasteiger partial charge in [0, 0.05) is 5.75 Å². The molecule has 0 saturated heterocycles. The Morgan fingerprint density at radius 1 is 1.37 bits per heavy atom. The Balaban J connectivity index is 1.83. The van der Waals surface area contributed by atoms with Crippen LogP contribution in [-0.2, 0) is 5.75 Å². The number of benzene rings is 1. The lowest BCUT2D eigenvalue weighted by Gasteiger charge is -2.02. The van der Waals surface area contributed by atoms with E-state index in [0.29, 0.717) is 10.5 Å². The molecule has 3 nitrogen and oxygen atoms in total. The van der Waals surface area contributed by atoms with E-state index >= 15 is 0 Å². The number of aromatic nitrogens is 2. The van der Waals surface area contributed by atoms with E-state index in [9.17, 15) is 4.79 Å². The number of H-pyrrole nitrogens is 1. The molecule has 2 aromatic heterocycles. The summed E-state index contributed by atoms with van der Waals surface area (Å²) < 4.78 is 0. The minimum Gasteiger partial charge on any atom is -0.301 e. The summed E-state index contributed by atoms with van der Waals surface area (Å²) in [5.41, 5.74) is 2.42. The molecule has 0 aliphatic heterocycles. The number of rotatable bonds is 3. The maximum atomic E-state index is 11.8. The molecule has 96 valence electrons. The van der Waals surface area contributed by atoms with Gasteiger partial charge in [0.2, 0.25) is 0 Å². The first kappa shape index (κ1) is 12.4. The van der Waals surface area contributed by atoms with Crippen molar-refractivity contribution in [3.8, 4) is 0 Å². The molecular weight excluding hydrogens is 276 g/mol. The summed E-state index contributed by atoms with van der Waals surface area (Å²) in [5.74, 6) is 0.807. The fourth-order valence-corrected chi connectivity index (χ4v) is 3.49. The summed E-state index contributed by atoms with van der Waals surface area (Å²) in [6, 6.07) is 10.2. The normalized spacial score (nSPS) is 11.0. The highest BCUT2D eigenvalue weighted by molar-refractivity contribution is 7.98. The van der Waals surface area contributed by atoms with Crippen LogP contribution in [0.4, 0.5) is 0 Å². The van der Waals surface area contributed by atoms with Crippen molar-refractivity contribution in [3.05, 3.63) is 57.2 Å². The van der Waals surface area contributed by atoms with Crippen LogP contribution >= 0.6 is 23.1 Å². The summed E-state index contributed by atoms with van der Waals surface area (Å²) in [5, 5.41) is 3.24. The predicted molar refractivity (Wildman–Crippen MR) is 81.0 cm³/mol. The minimum absolute atomic E-state index is 0.0574. The summed E-state index contributed by atoms with van der Waals surface area (Å²) >= 11 is 3.05. The Kier molecular flexibility index (Phi) is 3.40. The third-order valence-corrected chi connectivity index (χ3v) is 4.52. The summed E-state index contributed by atoms with van der Waals surface area (Å²) in [6.07, 6.45) is 0. The molecule has 3 aromatic rings. The molecule has 0 aliphatic carbocycles. The third kappa shape index (κ3) is 2.72. The van der Waals surface area contributed by atoms with Crippen LogP contribution in [0.15, 0.2) is 45.7 Å². The van der Waals surface area contributed by atoms with E-state index in [-0.39, 0.29) is 5.56 Å². The number of aromatic amines is 1. The largest absolute Gasteiger partial charge is 0.301 e. The Hall–Kier alpha value is -1.59. The van der Waals surface area contributed by atoms with E-state index in [1.165, 1.54) is 22.5 Å². The van der Waals surface area contributed by atoms with Gasteiger partial charge in [-0.25, -0.2) is 4.98 Å². The molecule has 0 unspecified atom stereocenters. The van der Waals surface area contributed by atoms with Crippen molar-refractivity contribution in [2.24, 2.45) is 0 Å². The van der Waals surface area contributed by atoms with Crippen molar-refractivity contribution >= 4 is 33.3 Å². The molecule has 2 heterocycles. The molecule has 0 bridgehead atoms. The zero-order valence-corrected chi connectivity index (χ0v) is 12.0. The average Bonchev–Trinajstić information content (AvgIpc) is 2.85. The van der Waals surface area contributed by atoms with Crippen LogP contribution in [0.2, 0.25) is 0 Å². The first-order valence-corrected chi connectivity index (χ1v) is 7.75. The van der Waals surface area contributed by atoms with Gasteiger partial charge in [0.05, 0.1) is 5.39 Å². The number of fused-ring (bicyclic) bond motifs is 1. The number of hydrogen-bond acceptors (Lipinski definition) is 4. The highest BCUT2D eigenvalue weighted by atomic mass is 32.2. The van der Waals surface area contributed by atoms with Crippen LogP contribution in [-0.4, -0.2) is 9.97 Å². The van der Waals surface area contributed by atoms with Gasteiger partial charge in [0.15, 0.2) is 5.16 Å². The lowest BCUT2D eigenvalue weighted by molar-refractivity contribution is 0.979. The van der Waals surface area contributed by atoms with E-state index in [4.69, 9.17) is 0 Å². The average molecular weight is 288 g/mol. The molecule has 0 aliphatic rings. The molecule has 5 heteroatoms. The maximum absolute atomic E-state index is 11.8. The highest BCUT2D eigenvalue weighted by Gasteiger charge is 2.05. The van der Waals surface area contributed by atoms with Crippen molar-refractivity contribution in [2.75, 3.05) is 0 Å². The van der Waals surface area contributed by atoms with Gasteiger partial charge in [-0.2, -0.15) is 0 Å². The molecule has 19 heavy (non-hydrogen) atoms. The van der Waals surface area contributed by atoms with Gasteiger partial charge in [-0.15, -0.1) is 11.3 Å². The summed E-state index contributed by atoms with van der Waals surface area (Å²) in [7, 11) is 0. The molecule has 3 rings (SSSR count). The van der Waals surface area contributed by atoms with Crippen LogP contribution < -0.4 is 5.56 Å². The van der Waals surface area contributed by atoms with Crippen LogP contribution in [0.25, 0.3) is 10.2 Å². The monoisotopic (exact) mass is 288 g/mol. The lowest BCUT2D eigenvalue weighted by Crippen LogP contribution is -2.07. The van der Waals surface area contributed by atoms with Gasteiger partial charge in [0.1, 0.15) is 4.83 Å². The molecule has 0 saturated carbocycles. The highest BCUT2D eigenvalue weighted by Crippen LogP contribution is 2.22. The number of nitrogens with zero attached hydrogens (tertiary/aromatic N) is 1. The summed E-state index contributed by atoms with van der Waals surface area (Å²) in [4.78, 5) is 19.9. The molecule has 0 fully saturated rings. The van der Waals surface area contributed by atoms with Crippen molar-refractivity contribution in [2.45, 2.75) is 17.8 Å². The SMILES string of the molecule is Cc1cccc(CSc2nc3sccc3c(=O)[nH]2)c1. The molecule has 0 spiro atoms. The Morgan fingerprint density at radius 3 is 3.11 bits per heavy atom. The maximum Gasteiger partial charge on any atom is 0.260 e. The van der Waals surface area contributed by atoms with Crippen LogP contribution in [0.1, 0.15) is 11.1 Å². The first-order valence-electron chi connectivity index (χ1n) is 5.88. The molecule has 0 amide bonds. The second-order valence-electron chi connectivity index (χ2n) is 4.29. The third-order valence-electron chi connectivity index (χ3n) is 2.77. The van der Waals surface area contributed by atoms with E-state index in [1.54, 1.807) is 17.8 Å². The Labute approximate surface area is 118 Å². The number of hydrogen-bond donors (Lipinski definition) is 1. The van der Waals surface area contributed by atoms with Crippen molar-refractivity contribution in [1.29, 1.82) is 0 Å². The minimum atomic E-state index is -0.0574. The van der Waals surface area contributed by atoms with Crippen LogP contribution in [0, 0.1) is 6.92 Å². The fraction of sp³-hybridized carbons (Fsp3) is 0.143. The van der Waals surface area contributed by atoms with Crippen LogP contribution in [0.5, 0.6) is 0 Å². The molecular formula is C14H12N2OS2. The van der Waals surface area contributed by atoms with Crippen molar-refractivity contribution < 1.29 is 0 Å². The lowest BCUT2D eigenvalue weighted by atomic mass is 10.2. The summed E-state index contributed by atoms with van der Waals surface area (Å²) in [6.45, 7) is 2.08. The Bertz CT molecular complexity index is 776. The quantitative estimate of drug-likeness (QED) is 0.592. The number of thioether (sulfide) groups is 1. The predicted octanol–water partition coefficient (Wildman–Crippen LogP) is 3.59. The van der Waals surface area contributed by atoms with Crippen LogP contribution in [0.3, 0.4) is 0 Å².